The third-order valence-corrected chi connectivity index (χ3v) is 4.70. The van der Waals surface area contributed by atoms with Crippen LogP contribution in [0.3, 0.4) is 0 Å². The molecule has 162 valence electrons. The number of nitrogens with one attached hydrogen (secondary N) is 1. The van der Waals surface area contributed by atoms with Gasteiger partial charge in [-0.15, -0.1) is 0 Å². The lowest BCUT2D eigenvalue weighted by molar-refractivity contribution is -0.137. The average molecular weight is 430 g/mol. The second-order valence-electron chi connectivity index (χ2n) is 7.02. The Bertz CT molecular complexity index is 1120. The first-order valence-corrected chi connectivity index (χ1v) is 9.44. The number of hydrazone groups is 1. The molecule has 8 heteroatoms. The average Bonchev–Trinajstić information content (AvgIpc) is 3.19. The van der Waals surface area contributed by atoms with E-state index in [9.17, 15) is 18.0 Å². The zero-order chi connectivity index (χ0) is 22.6. The molecular formula is C23H21F3N2O3. The maximum atomic E-state index is 12.9. The largest absolute Gasteiger partial charge is 0.483 e. The molecule has 0 unspecified atom stereocenters. The molecule has 0 radical (unpaired) electrons. The Hall–Kier alpha value is -3.55. The van der Waals surface area contributed by atoms with E-state index in [1.807, 2.05) is 32.9 Å². The quantitative estimate of drug-likeness (QED) is 0.420. The first-order chi connectivity index (χ1) is 14.6. The van der Waals surface area contributed by atoms with E-state index in [0.717, 1.165) is 28.8 Å². The molecule has 0 fully saturated rings. The summed E-state index contributed by atoms with van der Waals surface area (Å²) in [5.74, 6) is 0.740. The Balaban J connectivity index is 1.58. The van der Waals surface area contributed by atoms with Crippen molar-refractivity contribution in [2.24, 2.45) is 5.10 Å². The molecule has 31 heavy (non-hydrogen) atoms. The molecule has 0 spiro atoms. The smallest absolute Gasteiger partial charge is 0.416 e. The van der Waals surface area contributed by atoms with E-state index >= 15 is 0 Å². The number of halogens is 3. The molecule has 0 aliphatic rings. The van der Waals surface area contributed by atoms with Crippen LogP contribution in [-0.4, -0.2) is 18.7 Å². The maximum Gasteiger partial charge on any atom is 0.416 e. The summed E-state index contributed by atoms with van der Waals surface area (Å²) >= 11 is 0. The molecule has 0 aliphatic heterocycles. The van der Waals surface area contributed by atoms with Gasteiger partial charge in [0.25, 0.3) is 5.91 Å². The van der Waals surface area contributed by atoms with Crippen LogP contribution >= 0.6 is 0 Å². The van der Waals surface area contributed by atoms with Crippen molar-refractivity contribution in [3.8, 4) is 17.1 Å². The molecule has 5 nitrogen and oxygen atoms in total. The first kappa shape index (κ1) is 22.1. The zero-order valence-corrected chi connectivity index (χ0v) is 17.2. The third-order valence-electron chi connectivity index (χ3n) is 4.70. The summed E-state index contributed by atoms with van der Waals surface area (Å²) in [6.07, 6.45) is -3.17. The molecular weight excluding hydrogens is 409 g/mol. The number of furan rings is 1. The van der Waals surface area contributed by atoms with Gasteiger partial charge in [-0.1, -0.05) is 24.3 Å². The fourth-order valence-corrected chi connectivity index (χ4v) is 2.91. The second kappa shape index (κ2) is 9.07. The third kappa shape index (κ3) is 5.53. The van der Waals surface area contributed by atoms with Crippen LogP contribution in [0.4, 0.5) is 13.2 Å². The summed E-state index contributed by atoms with van der Waals surface area (Å²) in [4.78, 5) is 12.0. The molecule has 0 atom stereocenters. The highest BCUT2D eigenvalue weighted by Gasteiger charge is 2.30. The number of nitrogens with zero attached hydrogens (tertiary/aromatic N) is 1. The number of hydrogen-bond donors (Lipinski definition) is 1. The molecule has 1 amide bonds. The fourth-order valence-electron chi connectivity index (χ4n) is 2.91. The van der Waals surface area contributed by atoms with Crippen molar-refractivity contribution in [2.45, 2.75) is 26.9 Å². The zero-order valence-electron chi connectivity index (χ0n) is 17.2. The van der Waals surface area contributed by atoms with E-state index in [2.05, 4.69) is 10.5 Å². The van der Waals surface area contributed by atoms with Gasteiger partial charge in [-0.2, -0.15) is 18.3 Å². The summed E-state index contributed by atoms with van der Waals surface area (Å²) in [5, 5.41) is 3.80. The van der Waals surface area contributed by atoms with Gasteiger partial charge < -0.3 is 9.15 Å². The van der Waals surface area contributed by atoms with Gasteiger partial charge in [-0.25, -0.2) is 5.43 Å². The lowest BCUT2D eigenvalue weighted by atomic mass is 10.1. The van der Waals surface area contributed by atoms with Gasteiger partial charge in [-0.05, 0) is 61.7 Å². The molecule has 0 bridgehead atoms. The van der Waals surface area contributed by atoms with Gasteiger partial charge >= 0.3 is 6.18 Å². The minimum absolute atomic E-state index is 0.212. The lowest BCUT2D eigenvalue weighted by Crippen LogP contribution is -2.25. The summed E-state index contributed by atoms with van der Waals surface area (Å²) in [5.41, 5.74) is 4.81. The SMILES string of the molecule is Cc1ccc(C)c(OCC(=O)N/N=C\c2ccc(-c3cccc(C(F)(F)F)c3)o2)c1C. The van der Waals surface area contributed by atoms with Gasteiger partial charge in [0.1, 0.15) is 17.3 Å². The van der Waals surface area contributed by atoms with Crippen molar-refractivity contribution in [1.29, 1.82) is 0 Å². The van der Waals surface area contributed by atoms with Crippen molar-refractivity contribution < 1.29 is 27.1 Å². The normalized spacial score (nSPS) is 11.7. The highest BCUT2D eigenvalue weighted by atomic mass is 19.4. The molecule has 1 heterocycles. The molecule has 0 aliphatic carbocycles. The molecule has 0 saturated carbocycles. The van der Waals surface area contributed by atoms with E-state index < -0.39 is 17.6 Å². The monoisotopic (exact) mass is 430 g/mol. The summed E-state index contributed by atoms with van der Waals surface area (Å²) in [6, 6.07) is 11.8. The van der Waals surface area contributed by atoms with Crippen molar-refractivity contribution in [3.63, 3.8) is 0 Å². The van der Waals surface area contributed by atoms with Crippen molar-refractivity contribution in [3.05, 3.63) is 76.5 Å². The van der Waals surface area contributed by atoms with Gasteiger partial charge in [0.2, 0.25) is 0 Å². The molecule has 3 aromatic rings. The Morgan fingerprint density at radius 2 is 1.84 bits per heavy atom. The van der Waals surface area contributed by atoms with Crippen LogP contribution in [0.1, 0.15) is 28.0 Å². The number of alkyl halides is 3. The first-order valence-electron chi connectivity index (χ1n) is 9.44. The van der Waals surface area contributed by atoms with Crippen molar-refractivity contribution in [2.75, 3.05) is 6.61 Å². The number of aryl methyl sites for hydroxylation is 2. The minimum Gasteiger partial charge on any atom is -0.483 e. The number of ether oxygens (including phenoxy) is 1. The number of rotatable bonds is 6. The predicted octanol–water partition coefficient (Wildman–Crippen LogP) is 5.42. The Morgan fingerprint density at radius 1 is 1.10 bits per heavy atom. The van der Waals surface area contributed by atoms with Gasteiger partial charge in [0, 0.05) is 5.56 Å². The predicted molar refractivity (Wildman–Crippen MR) is 111 cm³/mol. The standard InChI is InChI=1S/C23H21F3N2O3/c1-14-7-8-15(2)22(16(14)3)30-13-21(29)28-27-12-19-9-10-20(31-19)17-5-4-6-18(11-17)23(24,25)26/h4-12H,13H2,1-3H3,(H,28,29)/b27-12-. The topological polar surface area (TPSA) is 63.8 Å². The van der Waals surface area contributed by atoms with Crippen LogP contribution in [0.2, 0.25) is 0 Å². The van der Waals surface area contributed by atoms with Gasteiger partial charge in [0.05, 0.1) is 11.8 Å². The van der Waals surface area contributed by atoms with E-state index in [0.29, 0.717) is 5.75 Å². The van der Waals surface area contributed by atoms with E-state index in [1.54, 1.807) is 6.07 Å². The summed E-state index contributed by atoms with van der Waals surface area (Å²) in [7, 11) is 0. The van der Waals surface area contributed by atoms with E-state index in [1.165, 1.54) is 24.4 Å². The highest BCUT2D eigenvalue weighted by molar-refractivity contribution is 5.81. The molecule has 1 aromatic heterocycles. The van der Waals surface area contributed by atoms with Crippen LogP contribution in [0, 0.1) is 20.8 Å². The number of carbonyl (C=O) groups is 1. The summed E-state index contributed by atoms with van der Waals surface area (Å²) < 4.78 is 49.7. The van der Waals surface area contributed by atoms with Crippen molar-refractivity contribution in [1.82, 2.24) is 5.43 Å². The number of carbonyl (C=O) groups excluding carboxylic acids is 1. The van der Waals surface area contributed by atoms with Crippen molar-refractivity contribution >= 4 is 12.1 Å². The van der Waals surface area contributed by atoms with Crippen LogP contribution in [0.25, 0.3) is 11.3 Å². The second-order valence-corrected chi connectivity index (χ2v) is 7.02. The highest BCUT2D eigenvalue weighted by Crippen LogP contribution is 2.32. The Kier molecular flexibility index (Phi) is 6.48. The Morgan fingerprint density at radius 3 is 2.58 bits per heavy atom. The molecule has 1 N–H and O–H groups in total. The lowest BCUT2D eigenvalue weighted by Gasteiger charge is -2.13. The van der Waals surface area contributed by atoms with Crippen LogP contribution in [0.5, 0.6) is 5.75 Å². The van der Waals surface area contributed by atoms with E-state index in [4.69, 9.17) is 9.15 Å². The van der Waals surface area contributed by atoms with E-state index in [-0.39, 0.29) is 23.7 Å². The van der Waals surface area contributed by atoms with Crippen LogP contribution in [0.15, 0.2) is 58.0 Å². The fraction of sp³-hybridized carbons (Fsp3) is 0.217. The van der Waals surface area contributed by atoms with Gasteiger partial charge in [0.15, 0.2) is 6.61 Å². The molecule has 2 aromatic carbocycles. The van der Waals surface area contributed by atoms with Gasteiger partial charge in [-0.3, -0.25) is 4.79 Å². The molecule has 0 saturated heterocycles. The maximum absolute atomic E-state index is 12.9. The summed E-state index contributed by atoms with van der Waals surface area (Å²) in [6.45, 7) is 5.57. The number of amides is 1. The molecule has 3 rings (SSSR count). The minimum atomic E-state index is -4.44. The Labute approximate surface area is 177 Å². The number of hydrogen-bond acceptors (Lipinski definition) is 4. The number of benzene rings is 2. The van der Waals surface area contributed by atoms with Crippen LogP contribution in [-0.2, 0) is 11.0 Å². The van der Waals surface area contributed by atoms with Crippen LogP contribution < -0.4 is 10.2 Å².